The molecule has 100 valence electrons. The monoisotopic (exact) mass is 255 g/mol. The van der Waals surface area contributed by atoms with E-state index in [4.69, 9.17) is 4.74 Å². The van der Waals surface area contributed by atoms with Gasteiger partial charge in [0.2, 0.25) is 0 Å². The van der Waals surface area contributed by atoms with Gasteiger partial charge in [0.25, 0.3) is 0 Å². The number of rotatable bonds is 6. The maximum absolute atomic E-state index is 5.92. The highest BCUT2D eigenvalue weighted by Gasteiger charge is 2.04. The Kier molecular flexibility index (Phi) is 4.85. The molecule has 2 aromatic rings. The average molecular weight is 255 g/mol. The number of ether oxygens (including phenoxy) is 1. The van der Waals surface area contributed by atoms with E-state index in [0.29, 0.717) is 0 Å². The van der Waals surface area contributed by atoms with Crippen molar-refractivity contribution in [2.75, 3.05) is 11.9 Å². The fraction of sp³-hybridized carbons (Fsp3) is 0.294. The second-order valence-electron chi connectivity index (χ2n) is 4.68. The molecule has 0 heterocycles. The highest BCUT2D eigenvalue weighted by Crippen LogP contribution is 2.15. The van der Waals surface area contributed by atoms with Crippen LogP contribution in [0.2, 0.25) is 0 Å². The lowest BCUT2D eigenvalue weighted by Crippen LogP contribution is -2.22. The number of anilines is 1. The Bertz CT molecular complexity index is 496. The van der Waals surface area contributed by atoms with Crippen LogP contribution in [0.25, 0.3) is 0 Å². The SMILES string of the molecule is CCc1cccc(OC(C)CNc2ccccc2)c1. The van der Waals surface area contributed by atoms with Crippen molar-refractivity contribution in [2.45, 2.75) is 26.4 Å². The lowest BCUT2D eigenvalue weighted by Gasteiger charge is -2.16. The van der Waals surface area contributed by atoms with E-state index < -0.39 is 0 Å². The molecule has 2 rings (SSSR count). The topological polar surface area (TPSA) is 21.3 Å². The van der Waals surface area contributed by atoms with E-state index in [1.165, 1.54) is 5.56 Å². The predicted molar refractivity (Wildman–Crippen MR) is 80.8 cm³/mol. The summed E-state index contributed by atoms with van der Waals surface area (Å²) in [5.41, 5.74) is 2.43. The molecule has 1 unspecified atom stereocenters. The second-order valence-corrected chi connectivity index (χ2v) is 4.68. The van der Waals surface area contributed by atoms with Crippen LogP contribution in [0, 0.1) is 0 Å². The molecule has 0 saturated heterocycles. The predicted octanol–water partition coefficient (Wildman–Crippen LogP) is 4.13. The summed E-state index contributed by atoms with van der Waals surface area (Å²) in [5, 5.41) is 3.37. The molecular formula is C17H21NO. The number of nitrogens with one attached hydrogen (secondary N) is 1. The van der Waals surface area contributed by atoms with Crippen LogP contribution in [0.3, 0.4) is 0 Å². The Morgan fingerprint density at radius 1 is 1.05 bits per heavy atom. The summed E-state index contributed by atoms with van der Waals surface area (Å²) in [6.45, 7) is 5.02. The first-order valence-electron chi connectivity index (χ1n) is 6.82. The molecular weight excluding hydrogens is 234 g/mol. The van der Waals surface area contributed by atoms with E-state index >= 15 is 0 Å². The van der Waals surface area contributed by atoms with Crippen molar-refractivity contribution in [1.29, 1.82) is 0 Å². The molecule has 0 aliphatic carbocycles. The Balaban J connectivity index is 1.85. The average Bonchev–Trinajstić information content (AvgIpc) is 2.46. The van der Waals surface area contributed by atoms with Crippen LogP contribution in [0.5, 0.6) is 5.75 Å². The maximum Gasteiger partial charge on any atom is 0.120 e. The van der Waals surface area contributed by atoms with Gasteiger partial charge in [0, 0.05) is 5.69 Å². The summed E-state index contributed by atoms with van der Waals surface area (Å²) in [7, 11) is 0. The summed E-state index contributed by atoms with van der Waals surface area (Å²) in [5.74, 6) is 0.946. The van der Waals surface area contributed by atoms with Crippen LogP contribution in [0.1, 0.15) is 19.4 Å². The van der Waals surface area contributed by atoms with Gasteiger partial charge in [-0.05, 0) is 43.2 Å². The van der Waals surface area contributed by atoms with Gasteiger partial charge in [-0.25, -0.2) is 0 Å². The van der Waals surface area contributed by atoms with E-state index in [1.54, 1.807) is 0 Å². The smallest absolute Gasteiger partial charge is 0.120 e. The summed E-state index contributed by atoms with van der Waals surface area (Å²) in [6.07, 6.45) is 1.17. The van der Waals surface area contributed by atoms with Crippen LogP contribution in [0.4, 0.5) is 5.69 Å². The van der Waals surface area contributed by atoms with Gasteiger partial charge in [-0.2, -0.15) is 0 Å². The summed E-state index contributed by atoms with van der Waals surface area (Å²) < 4.78 is 5.92. The molecule has 0 aromatic heterocycles. The molecule has 0 amide bonds. The van der Waals surface area contributed by atoms with Gasteiger partial charge in [0.05, 0.1) is 6.54 Å². The summed E-state index contributed by atoms with van der Waals surface area (Å²) in [4.78, 5) is 0. The molecule has 2 aromatic carbocycles. The quantitative estimate of drug-likeness (QED) is 0.838. The van der Waals surface area contributed by atoms with Crippen molar-refractivity contribution in [2.24, 2.45) is 0 Å². The Morgan fingerprint density at radius 2 is 1.84 bits per heavy atom. The van der Waals surface area contributed by atoms with Crippen molar-refractivity contribution < 1.29 is 4.74 Å². The van der Waals surface area contributed by atoms with Crippen LogP contribution in [0.15, 0.2) is 54.6 Å². The lowest BCUT2D eigenvalue weighted by molar-refractivity contribution is 0.234. The van der Waals surface area contributed by atoms with Crippen LogP contribution in [-0.2, 0) is 6.42 Å². The van der Waals surface area contributed by atoms with Crippen molar-refractivity contribution >= 4 is 5.69 Å². The molecule has 0 fully saturated rings. The largest absolute Gasteiger partial charge is 0.489 e. The van der Waals surface area contributed by atoms with E-state index in [9.17, 15) is 0 Å². The number of hydrogen-bond acceptors (Lipinski definition) is 2. The number of hydrogen-bond donors (Lipinski definition) is 1. The Labute approximate surface area is 115 Å². The number of benzene rings is 2. The van der Waals surface area contributed by atoms with Crippen LogP contribution >= 0.6 is 0 Å². The van der Waals surface area contributed by atoms with E-state index in [1.807, 2.05) is 30.3 Å². The van der Waals surface area contributed by atoms with Crippen LogP contribution in [-0.4, -0.2) is 12.6 Å². The minimum Gasteiger partial charge on any atom is -0.489 e. The molecule has 0 spiro atoms. The standard InChI is InChI=1S/C17H21NO/c1-3-15-8-7-11-17(12-15)19-14(2)13-18-16-9-5-4-6-10-16/h4-12,14,18H,3,13H2,1-2H3. The summed E-state index contributed by atoms with van der Waals surface area (Å²) in [6, 6.07) is 18.5. The van der Waals surface area contributed by atoms with Gasteiger partial charge >= 0.3 is 0 Å². The van der Waals surface area contributed by atoms with Crippen molar-refractivity contribution in [3.05, 3.63) is 60.2 Å². The first-order valence-corrected chi connectivity index (χ1v) is 6.82. The highest BCUT2D eigenvalue weighted by molar-refractivity contribution is 5.42. The third-order valence-corrected chi connectivity index (χ3v) is 3.01. The van der Waals surface area contributed by atoms with Crippen LogP contribution < -0.4 is 10.1 Å². The zero-order valence-electron chi connectivity index (χ0n) is 11.6. The Morgan fingerprint density at radius 3 is 2.58 bits per heavy atom. The summed E-state index contributed by atoms with van der Waals surface area (Å²) >= 11 is 0. The molecule has 0 aliphatic rings. The van der Waals surface area contributed by atoms with Gasteiger partial charge < -0.3 is 10.1 Å². The molecule has 0 aliphatic heterocycles. The third-order valence-electron chi connectivity index (χ3n) is 3.01. The van der Waals surface area contributed by atoms with Gasteiger partial charge in [0.1, 0.15) is 11.9 Å². The first kappa shape index (κ1) is 13.5. The van der Waals surface area contributed by atoms with E-state index in [0.717, 1.165) is 24.4 Å². The van der Waals surface area contributed by atoms with Gasteiger partial charge in [0.15, 0.2) is 0 Å². The Hall–Kier alpha value is -1.96. The number of para-hydroxylation sites is 1. The first-order chi connectivity index (χ1) is 9.28. The minimum absolute atomic E-state index is 0.132. The zero-order valence-corrected chi connectivity index (χ0v) is 11.6. The molecule has 0 bridgehead atoms. The van der Waals surface area contributed by atoms with Gasteiger partial charge in [-0.15, -0.1) is 0 Å². The van der Waals surface area contributed by atoms with Crippen molar-refractivity contribution in [1.82, 2.24) is 0 Å². The maximum atomic E-state index is 5.92. The van der Waals surface area contributed by atoms with Crippen molar-refractivity contribution in [3.63, 3.8) is 0 Å². The highest BCUT2D eigenvalue weighted by atomic mass is 16.5. The molecule has 1 N–H and O–H groups in total. The molecule has 0 radical (unpaired) electrons. The molecule has 0 saturated carbocycles. The fourth-order valence-corrected chi connectivity index (χ4v) is 1.93. The van der Waals surface area contributed by atoms with Gasteiger partial charge in [-0.3, -0.25) is 0 Å². The van der Waals surface area contributed by atoms with E-state index in [2.05, 4.69) is 43.4 Å². The second kappa shape index (κ2) is 6.83. The number of aryl methyl sites for hydroxylation is 1. The van der Waals surface area contributed by atoms with Gasteiger partial charge in [-0.1, -0.05) is 37.3 Å². The molecule has 1 atom stereocenters. The molecule has 2 heteroatoms. The lowest BCUT2D eigenvalue weighted by atomic mass is 10.2. The van der Waals surface area contributed by atoms with Crippen molar-refractivity contribution in [3.8, 4) is 5.75 Å². The third kappa shape index (κ3) is 4.32. The zero-order chi connectivity index (χ0) is 13.5. The molecule has 19 heavy (non-hydrogen) atoms. The normalized spacial score (nSPS) is 11.9. The minimum atomic E-state index is 0.132. The van der Waals surface area contributed by atoms with E-state index in [-0.39, 0.29) is 6.10 Å². The fourth-order valence-electron chi connectivity index (χ4n) is 1.93. The molecule has 2 nitrogen and oxygen atoms in total.